The minimum absolute atomic E-state index is 0.0995. The van der Waals surface area contributed by atoms with Gasteiger partial charge in [0.05, 0.1) is 22.7 Å². The van der Waals surface area contributed by atoms with Gasteiger partial charge in [-0.2, -0.15) is 0 Å². The van der Waals surface area contributed by atoms with Crippen LogP contribution in [0.2, 0.25) is 0 Å². The van der Waals surface area contributed by atoms with Gasteiger partial charge in [0.1, 0.15) is 16.9 Å². The highest BCUT2D eigenvalue weighted by molar-refractivity contribution is 7.15. The summed E-state index contributed by atoms with van der Waals surface area (Å²) in [6.07, 6.45) is 4.35. The lowest BCUT2D eigenvalue weighted by Crippen LogP contribution is -2.44. The highest BCUT2D eigenvalue weighted by Crippen LogP contribution is 2.37. The fourth-order valence-corrected chi connectivity index (χ4v) is 5.32. The minimum atomic E-state index is -0.558. The summed E-state index contributed by atoms with van der Waals surface area (Å²) in [6.45, 7) is 6.81. The molecule has 4 rings (SSSR count). The van der Waals surface area contributed by atoms with Crippen LogP contribution in [0.4, 0.5) is 0 Å². The maximum atomic E-state index is 13.1. The molecule has 0 aromatic carbocycles. The van der Waals surface area contributed by atoms with Gasteiger partial charge in [0.15, 0.2) is 0 Å². The molecule has 31 heavy (non-hydrogen) atoms. The third-order valence-corrected chi connectivity index (χ3v) is 7.19. The number of amides is 2. The monoisotopic (exact) mass is 442 g/mol. The number of carbonyl (C=O) groups excluding carboxylic acids is 2. The molecular weight excluding hydrogens is 412 g/mol. The maximum absolute atomic E-state index is 13.1. The smallest absolute Gasteiger partial charge is 0.240 e. The number of rotatable bonds is 4. The number of likely N-dealkylation sites (N-methyl/N-ethyl adjacent to an activating group) is 1. The molecule has 0 spiro atoms. The van der Waals surface area contributed by atoms with Gasteiger partial charge >= 0.3 is 0 Å². The maximum Gasteiger partial charge on any atom is 0.240 e. The fraction of sp³-hybridized carbons (Fsp3) is 0.591. The molecule has 2 aromatic rings. The molecule has 3 heterocycles. The van der Waals surface area contributed by atoms with Crippen molar-refractivity contribution >= 4 is 23.2 Å². The zero-order valence-corrected chi connectivity index (χ0v) is 19.6. The molecule has 1 aliphatic carbocycles. The molecule has 2 aliphatic rings. The Balaban J connectivity index is 1.58. The zero-order chi connectivity index (χ0) is 22.5. The number of primary amides is 1. The van der Waals surface area contributed by atoms with Gasteiger partial charge in [0.2, 0.25) is 11.8 Å². The molecule has 2 aromatic heterocycles. The van der Waals surface area contributed by atoms with E-state index >= 15 is 0 Å². The van der Waals surface area contributed by atoms with E-state index in [0.717, 1.165) is 45.5 Å². The molecule has 1 aliphatic heterocycles. The topological polar surface area (TPSA) is 105 Å². The second-order valence-corrected chi connectivity index (χ2v) is 10.8. The number of aromatic nitrogens is 3. The summed E-state index contributed by atoms with van der Waals surface area (Å²) in [7, 11) is 3.91. The lowest BCUT2D eigenvalue weighted by atomic mass is 9.94. The highest BCUT2D eigenvalue weighted by atomic mass is 32.1. The summed E-state index contributed by atoms with van der Waals surface area (Å²) < 4.78 is 0. The number of fused-ring (bicyclic) bond motifs is 3. The van der Waals surface area contributed by atoms with E-state index < -0.39 is 11.9 Å². The summed E-state index contributed by atoms with van der Waals surface area (Å²) in [5.41, 5.74) is 8.52. The van der Waals surface area contributed by atoms with Crippen LogP contribution in [-0.4, -0.2) is 69.3 Å². The average Bonchev–Trinajstić information content (AvgIpc) is 3.31. The Morgan fingerprint density at radius 3 is 2.65 bits per heavy atom. The molecule has 2 atom stereocenters. The van der Waals surface area contributed by atoms with Gasteiger partial charge in [0.25, 0.3) is 0 Å². The van der Waals surface area contributed by atoms with E-state index in [-0.39, 0.29) is 23.8 Å². The van der Waals surface area contributed by atoms with Gasteiger partial charge in [-0.15, -0.1) is 11.3 Å². The minimum Gasteiger partial charge on any atom is -0.368 e. The second-order valence-electron chi connectivity index (χ2n) is 9.70. The highest BCUT2D eigenvalue weighted by Gasteiger charge is 2.39. The molecule has 1 fully saturated rings. The van der Waals surface area contributed by atoms with Crippen molar-refractivity contribution in [3.63, 3.8) is 0 Å². The van der Waals surface area contributed by atoms with Gasteiger partial charge in [0, 0.05) is 24.2 Å². The predicted octanol–water partition coefficient (Wildman–Crippen LogP) is 1.56. The molecular formula is C22H30N6O2S. The lowest BCUT2D eigenvalue weighted by Gasteiger charge is -2.22. The van der Waals surface area contributed by atoms with Gasteiger partial charge < -0.3 is 15.5 Å². The van der Waals surface area contributed by atoms with Crippen molar-refractivity contribution in [2.75, 3.05) is 20.6 Å². The van der Waals surface area contributed by atoms with E-state index in [2.05, 4.69) is 25.8 Å². The van der Waals surface area contributed by atoms with Crippen molar-refractivity contribution in [2.45, 2.75) is 64.0 Å². The Kier molecular flexibility index (Phi) is 5.59. The first-order valence-corrected chi connectivity index (χ1v) is 11.5. The summed E-state index contributed by atoms with van der Waals surface area (Å²) in [4.78, 5) is 43.9. The number of hydrogen-bond acceptors (Lipinski definition) is 7. The third kappa shape index (κ3) is 4.21. The van der Waals surface area contributed by atoms with Gasteiger partial charge in [-0.05, 0) is 38.9 Å². The van der Waals surface area contributed by atoms with E-state index in [1.165, 1.54) is 11.3 Å². The standard InChI is InChI=1S/C22H30N6O2S/c1-22(2,3)21-24-10-12-6-7-14-19(18(12)26-21)31-16(25-14)9-17(29)28-11-13(27(4)5)8-15(28)20(23)30/h10,13,15H,6-9,11H2,1-5H3,(H2,23,30)/t13-,15+/m1/s1. The molecule has 166 valence electrons. The number of nitrogens with two attached hydrogens (primary N) is 1. The number of hydrogen-bond donors (Lipinski definition) is 1. The van der Waals surface area contributed by atoms with Crippen LogP contribution < -0.4 is 5.73 Å². The van der Waals surface area contributed by atoms with Crippen LogP contribution in [0.15, 0.2) is 6.20 Å². The summed E-state index contributed by atoms with van der Waals surface area (Å²) in [5.74, 6) is 0.259. The van der Waals surface area contributed by atoms with E-state index in [4.69, 9.17) is 15.7 Å². The van der Waals surface area contributed by atoms with Crippen molar-refractivity contribution in [2.24, 2.45) is 5.73 Å². The third-order valence-electron chi connectivity index (χ3n) is 6.08. The molecule has 0 unspecified atom stereocenters. The number of nitrogens with zero attached hydrogens (tertiary/aromatic N) is 5. The van der Waals surface area contributed by atoms with E-state index in [1.807, 2.05) is 25.2 Å². The largest absolute Gasteiger partial charge is 0.368 e. The molecule has 2 N–H and O–H groups in total. The van der Waals surface area contributed by atoms with Crippen LogP contribution in [0.3, 0.4) is 0 Å². The van der Waals surface area contributed by atoms with Crippen LogP contribution in [0, 0.1) is 0 Å². The summed E-state index contributed by atoms with van der Waals surface area (Å²) >= 11 is 1.53. The Hall–Kier alpha value is -2.39. The molecule has 0 saturated carbocycles. The van der Waals surface area contributed by atoms with Crippen LogP contribution >= 0.6 is 11.3 Å². The molecule has 1 saturated heterocycles. The Morgan fingerprint density at radius 2 is 2.00 bits per heavy atom. The Labute approximate surface area is 186 Å². The lowest BCUT2D eigenvalue weighted by molar-refractivity contribution is -0.136. The fourth-order valence-electron chi connectivity index (χ4n) is 4.20. The normalized spacial score (nSPS) is 20.6. The Bertz CT molecular complexity index is 1030. The summed E-state index contributed by atoms with van der Waals surface area (Å²) in [6, 6.07) is -0.428. The Morgan fingerprint density at radius 1 is 1.26 bits per heavy atom. The van der Waals surface area contributed by atoms with Crippen LogP contribution in [0.5, 0.6) is 0 Å². The van der Waals surface area contributed by atoms with Crippen molar-refractivity contribution in [3.8, 4) is 10.6 Å². The van der Waals surface area contributed by atoms with E-state index in [0.29, 0.717) is 13.0 Å². The number of carbonyl (C=O) groups is 2. The van der Waals surface area contributed by atoms with Crippen molar-refractivity contribution in [1.29, 1.82) is 0 Å². The van der Waals surface area contributed by atoms with Crippen LogP contribution in [-0.2, 0) is 34.3 Å². The van der Waals surface area contributed by atoms with Crippen molar-refractivity contribution < 1.29 is 9.59 Å². The van der Waals surface area contributed by atoms with E-state index in [9.17, 15) is 9.59 Å². The van der Waals surface area contributed by atoms with Crippen molar-refractivity contribution in [1.82, 2.24) is 24.8 Å². The van der Waals surface area contributed by atoms with E-state index in [1.54, 1.807) is 4.90 Å². The van der Waals surface area contributed by atoms with Gasteiger partial charge in [-0.3, -0.25) is 9.59 Å². The molecule has 8 nitrogen and oxygen atoms in total. The van der Waals surface area contributed by atoms with Gasteiger partial charge in [-0.1, -0.05) is 20.8 Å². The molecule has 0 bridgehead atoms. The quantitative estimate of drug-likeness (QED) is 0.770. The zero-order valence-electron chi connectivity index (χ0n) is 18.8. The number of thiazole rings is 1. The first kappa shape index (κ1) is 21.8. The predicted molar refractivity (Wildman–Crippen MR) is 120 cm³/mol. The average molecular weight is 443 g/mol. The molecule has 9 heteroatoms. The van der Waals surface area contributed by atoms with Crippen LogP contribution in [0.1, 0.15) is 49.3 Å². The van der Waals surface area contributed by atoms with Gasteiger partial charge in [-0.25, -0.2) is 15.0 Å². The number of aryl methyl sites for hydroxylation is 2. The van der Waals surface area contributed by atoms with Crippen molar-refractivity contribution in [3.05, 3.63) is 28.3 Å². The van der Waals surface area contributed by atoms with Crippen LogP contribution in [0.25, 0.3) is 10.6 Å². The molecule has 0 radical (unpaired) electrons. The summed E-state index contributed by atoms with van der Waals surface area (Å²) in [5, 5.41) is 0.760. The second kappa shape index (κ2) is 7.94. The molecule has 2 amide bonds. The SMILES string of the molecule is CN(C)[C@@H]1C[C@@H](C(N)=O)N(C(=O)Cc2nc3c(s2)-c2nc(C(C)(C)C)ncc2CC3)C1. The first-order chi connectivity index (χ1) is 14.5. The number of likely N-dealkylation sites (tertiary alicyclic amines) is 1. The first-order valence-electron chi connectivity index (χ1n) is 10.6.